The van der Waals surface area contributed by atoms with E-state index in [1.165, 1.54) is 16.4 Å². The van der Waals surface area contributed by atoms with Crippen molar-refractivity contribution in [2.24, 2.45) is 5.92 Å². The molecule has 1 aliphatic rings. The number of amides is 1. The van der Waals surface area contributed by atoms with Gasteiger partial charge in [-0.1, -0.05) is 52.5 Å². The van der Waals surface area contributed by atoms with E-state index in [0.717, 1.165) is 5.56 Å². The Morgan fingerprint density at radius 1 is 0.971 bits per heavy atom. The van der Waals surface area contributed by atoms with Gasteiger partial charge in [-0.3, -0.25) is 9.48 Å². The van der Waals surface area contributed by atoms with Crippen LogP contribution in [-0.2, 0) is 21.4 Å². The average molecular weight is 562 g/mol. The van der Waals surface area contributed by atoms with Crippen LogP contribution in [0.15, 0.2) is 53.6 Å². The summed E-state index contributed by atoms with van der Waals surface area (Å²) in [5.74, 6) is -0.346. The zero-order chi connectivity index (χ0) is 24.5. The number of carbonyl (C=O) groups is 1. The molecular formula is C22H20Cl4N4O3S. The summed E-state index contributed by atoms with van der Waals surface area (Å²) in [6.45, 7) is 0.874. The molecule has 1 aliphatic heterocycles. The lowest BCUT2D eigenvalue weighted by atomic mass is 9.97. The number of halogens is 4. The van der Waals surface area contributed by atoms with Crippen molar-refractivity contribution < 1.29 is 13.2 Å². The van der Waals surface area contributed by atoms with Crippen LogP contribution in [0.2, 0.25) is 20.1 Å². The number of hydrogen-bond acceptors (Lipinski definition) is 4. The Labute approximate surface area is 217 Å². The van der Waals surface area contributed by atoms with Gasteiger partial charge in [0.15, 0.2) is 5.82 Å². The van der Waals surface area contributed by atoms with Crippen LogP contribution in [0.25, 0.3) is 0 Å². The number of aromatic nitrogens is 2. The van der Waals surface area contributed by atoms with E-state index in [4.69, 9.17) is 46.4 Å². The minimum atomic E-state index is -3.64. The number of piperidine rings is 1. The number of sulfonamides is 1. The first-order chi connectivity index (χ1) is 16.1. The molecule has 34 heavy (non-hydrogen) atoms. The summed E-state index contributed by atoms with van der Waals surface area (Å²) in [5, 5.41) is 8.79. The largest absolute Gasteiger partial charge is 0.308 e. The van der Waals surface area contributed by atoms with E-state index in [9.17, 15) is 13.2 Å². The number of benzene rings is 2. The Morgan fingerprint density at radius 2 is 1.65 bits per heavy atom. The normalized spacial score (nSPS) is 15.4. The number of rotatable bonds is 6. The second kappa shape index (κ2) is 10.4. The predicted octanol–water partition coefficient (Wildman–Crippen LogP) is 5.58. The molecule has 2 heterocycles. The monoisotopic (exact) mass is 560 g/mol. The highest BCUT2D eigenvalue weighted by Crippen LogP contribution is 2.28. The van der Waals surface area contributed by atoms with Crippen molar-refractivity contribution in [2.45, 2.75) is 24.3 Å². The third kappa shape index (κ3) is 5.70. The molecule has 0 radical (unpaired) electrons. The Morgan fingerprint density at radius 3 is 2.29 bits per heavy atom. The molecule has 180 valence electrons. The van der Waals surface area contributed by atoms with E-state index in [1.54, 1.807) is 35.1 Å². The standard InChI is InChI=1S/C22H20Cl4N4O3S/c23-16-2-4-17(5-3-16)34(32,33)30-9-7-15(8-10-30)22(31)27-21-20(26)13-29(28-21)12-14-1-6-18(24)19(25)11-14/h1-6,11,13,15H,7-10,12H2,(H,27,28,31). The molecule has 0 unspecified atom stereocenters. The van der Waals surface area contributed by atoms with Crippen LogP contribution in [0.5, 0.6) is 0 Å². The molecule has 1 aromatic heterocycles. The molecule has 1 amide bonds. The third-order valence-corrected chi connectivity index (χ3v) is 8.74. The van der Waals surface area contributed by atoms with E-state index in [-0.39, 0.29) is 35.6 Å². The minimum Gasteiger partial charge on any atom is -0.308 e. The van der Waals surface area contributed by atoms with Crippen molar-refractivity contribution >= 4 is 68.2 Å². The summed E-state index contributed by atoms with van der Waals surface area (Å²) in [6.07, 6.45) is 2.39. The van der Waals surface area contributed by atoms with Crippen LogP contribution in [0.4, 0.5) is 5.82 Å². The van der Waals surface area contributed by atoms with Gasteiger partial charge < -0.3 is 5.32 Å². The van der Waals surface area contributed by atoms with Gasteiger partial charge in [-0.2, -0.15) is 9.40 Å². The average Bonchev–Trinajstić information content (AvgIpc) is 3.15. The molecule has 3 aromatic rings. The van der Waals surface area contributed by atoms with Gasteiger partial charge in [0.05, 0.1) is 21.5 Å². The van der Waals surface area contributed by atoms with Gasteiger partial charge in [0.2, 0.25) is 15.9 Å². The number of nitrogens with zero attached hydrogens (tertiary/aromatic N) is 3. The molecule has 0 spiro atoms. The molecule has 7 nitrogen and oxygen atoms in total. The SMILES string of the molecule is O=C(Nc1nn(Cc2ccc(Cl)c(Cl)c2)cc1Cl)C1CCN(S(=O)(=O)c2ccc(Cl)cc2)CC1. The summed E-state index contributed by atoms with van der Waals surface area (Å²) in [7, 11) is -3.64. The van der Waals surface area contributed by atoms with Crippen LogP contribution in [-0.4, -0.2) is 41.5 Å². The highest BCUT2D eigenvalue weighted by Gasteiger charge is 2.32. The van der Waals surface area contributed by atoms with Crippen LogP contribution in [0.3, 0.4) is 0 Å². The molecule has 4 rings (SSSR count). The fourth-order valence-corrected chi connectivity index (χ4v) is 5.83. The fraction of sp³-hybridized carbons (Fsp3) is 0.273. The Bertz CT molecular complexity index is 1300. The highest BCUT2D eigenvalue weighted by molar-refractivity contribution is 7.89. The van der Waals surface area contributed by atoms with Crippen molar-refractivity contribution in [3.8, 4) is 0 Å². The van der Waals surface area contributed by atoms with Gasteiger partial charge in [0.1, 0.15) is 5.02 Å². The lowest BCUT2D eigenvalue weighted by molar-refractivity contribution is -0.120. The van der Waals surface area contributed by atoms with Gasteiger partial charge in [-0.05, 0) is 54.8 Å². The first-order valence-electron chi connectivity index (χ1n) is 10.4. The van der Waals surface area contributed by atoms with Gasteiger partial charge in [0, 0.05) is 30.2 Å². The summed E-state index contributed by atoms with van der Waals surface area (Å²) in [6, 6.07) is 11.3. The van der Waals surface area contributed by atoms with Crippen molar-refractivity contribution in [3.05, 3.63) is 74.3 Å². The number of hydrogen-bond donors (Lipinski definition) is 1. The first kappa shape index (κ1) is 25.3. The Kier molecular flexibility index (Phi) is 7.76. The van der Waals surface area contributed by atoms with Crippen LogP contribution >= 0.6 is 46.4 Å². The maximum Gasteiger partial charge on any atom is 0.243 e. The molecule has 1 fully saturated rings. The molecule has 2 aromatic carbocycles. The van der Waals surface area contributed by atoms with E-state index in [1.807, 2.05) is 6.07 Å². The van der Waals surface area contributed by atoms with E-state index in [0.29, 0.717) is 39.5 Å². The van der Waals surface area contributed by atoms with Crippen molar-refractivity contribution in [1.82, 2.24) is 14.1 Å². The molecule has 0 aliphatic carbocycles. The zero-order valence-corrected chi connectivity index (χ0v) is 21.6. The molecule has 12 heteroatoms. The smallest absolute Gasteiger partial charge is 0.243 e. The topological polar surface area (TPSA) is 84.3 Å². The van der Waals surface area contributed by atoms with Crippen molar-refractivity contribution in [3.63, 3.8) is 0 Å². The Hall–Kier alpha value is -1.81. The minimum absolute atomic E-state index is 0.180. The highest BCUT2D eigenvalue weighted by atomic mass is 35.5. The van der Waals surface area contributed by atoms with E-state index in [2.05, 4.69) is 10.4 Å². The third-order valence-electron chi connectivity index (χ3n) is 5.56. The molecule has 0 bridgehead atoms. The molecule has 1 saturated heterocycles. The van der Waals surface area contributed by atoms with E-state index >= 15 is 0 Å². The van der Waals surface area contributed by atoms with Crippen LogP contribution in [0, 0.1) is 5.92 Å². The predicted molar refractivity (Wildman–Crippen MR) is 134 cm³/mol. The molecule has 0 atom stereocenters. The second-order valence-corrected chi connectivity index (χ2v) is 11.5. The maximum atomic E-state index is 12.8. The fourth-order valence-electron chi connectivity index (χ4n) is 3.72. The quantitative estimate of drug-likeness (QED) is 0.425. The molecule has 0 saturated carbocycles. The lowest BCUT2D eigenvalue weighted by Crippen LogP contribution is -2.41. The van der Waals surface area contributed by atoms with Crippen molar-refractivity contribution in [2.75, 3.05) is 18.4 Å². The van der Waals surface area contributed by atoms with Gasteiger partial charge in [-0.25, -0.2) is 8.42 Å². The Balaban J connectivity index is 1.36. The van der Waals surface area contributed by atoms with Gasteiger partial charge in [-0.15, -0.1) is 0 Å². The molecule has 1 N–H and O–H groups in total. The first-order valence-corrected chi connectivity index (χ1v) is 13.3. The van der Waals surface area contributed by atoms with E-state index < -0.39 is 10.0 Å². The summed E-state index contributed by atoms with van der Waals surface area (Å²) >= 11 is 24.1. The summed E-state index contributed by atoms with van der Waals surface area (Å²) in [5.41, 5.74) is 0.876. The van der Waals surface area contributed by atoms with Gasteiger partial charge in [0.25, 0.3) is 0 Å². The van der Waals surface area contributed by atoms with Gasteiger partial charge >= 0.3 is 0 Å². The summed E-state index contributed by atoms with van der Waals surface area (Å²) in [4.78, 5) is 13.0. The second-order valence-electron chi connectivity index (χ2n) is 7.89. The lowest BCUT2D eigenvalue weighted by Gasteiger charge is -2.30. The number of nitrogens with one attached hydrogen (secondary N) is 1. The molecular weight excluding hydrogens is 542 g/mol. The van der Waals surface area contributed by atoms with Crippen LogP contribution in [0.1, 0.15) is 18.4 Å². The number of carbonyl (C=O) groups excluding carboxylic acids is 1. The van der Waals surface area contributed by atoms with Crippen molar-refractivity contribution in [1.29, 1.82) is 0 Å². The zero-order valence-electron chi connectivity index (χ0n) is 17.7. The summed E-state index contributed by atoms with van der Waals surface area (Å²) < 4.78 is 28.7. The number of anilines is 1. The van der Waals surface area contributed by atoms with Crippen LogP contribution < -0.4 is 5.32 Å². The maximum absolute atomic E-state index is 12.8.